The molecule has 4 heteroatoms. The summed E-state index contributed by atoms with van der Waals surface area (Å²) in [5.74, 6) is 0.527. The number of nitrogens with zero attached hydrogens (tertiary/aromatic N) is 1. The summed E-state index contributed by atoms with van der Waals surface area (Å²) in [6.07, 6.45) is 5.66. The molecule has 2 unspecified atom stereocenters. The van der Waals surface area contributed by atoms with E-state index in [2.05, 4.69) is 35.0 Å². The Bertz CT molecular complexity index is 566. The van der Waals surface area contributed by atoms with Crippen LogP contribution in [0.4, 0.5) is 5.69 Å². The lowest BCUT2D eigenvalue weighted by atomic mass is 9.76. The van der Waals surface area contributed by atoms with Crippen LogP contribution in [-0.2, 0) is 4.79 Å². The zero-order valence-corrected chi connectivity index (χ0v) is 14.9. The quantitative estimate of drug-likeness (QED) is 0.620. The average molecular weight is 371 g/mol. The fourth-order valence-corrected chi connectivity index (χ4v) is 4.62. The van der Waals surface area contributed by atoms with Crippen molar-refractivity contribution in [3.8, 4) is 0 Å². The molecule has 0 N–H and O–H groups in total. The summed E-state index contributed by atoms with van der Waals surface area (Å²) in [5, 5.41) is -0.479. The Morgan fingerprint density at radius 2 is 2.10 bits per heavy atom. The van der Waals surface area contributed by atoms with E-state index in [4.69, 9.17) is 11.6 Å². The zero-order chi connectivity index (χ0) is 15.2. The maximum Gasteiger partial charge on any atom is 0.245 e. The van der Waals surface area contributed by atoms with E-state index in [1.807, 2.05) is 11.0 Å². The molecule has 1 heterocycles. The topological polar surface area (TPSA) is 20.3 Å². The van der Waals surface area contributed by atoms with Gasteiger partial charge >= 0.3 is 0 Å². The summed E-state index contributed by atoms with van der Waals surface area (Å²) in [5.41, 5.74) is 2.31. The Balaban J connectivity index is 2.14. The van der Waals surface area contributed by atoms with Gasteiger partial charge in [-0.1, -0.05) is 35.7 Å². The van der Waals surface area contributed by atoms with Crippen molar-refractivity contribution >= 4 is 39.1 Å². The van der Waals surface area contributed by atoms with Crippen LogP contribution in [-0.4, -0.2) is 16.8 Å². The van der Waals surface area contributed by atoms with Gasteiger partial charge in [0.05, 0.1) is 0 Å². The molecule has 2 atom stereocenters. The molecule has 0 radical (unpaired) electrons. The van der Waals surface area contributed by atoms with Gasteiger partial charge in [-0.3, -0.25) is 4.79 Å². The molecule has 0 saturated heterocycles. The number of hydrogen-bond acceptors (Lipinski definition) is 1. The molecular formula is C17H21BrClNO. The first-order valence-electron chi connectivity index (χ1n) is 7.72. The fourth-order valence-electron chi connectivity index (χ4n) is 4.14. The van der Waals surface area contributed by atoms with E-state index < -0.39 is 5.38 Å². The van der Waals surface area contributed by atoms with Gasteiger partial charge in [-0.05, 0) is 55.9 Å². The molecule has 1 saturated carbocycles. The summed E-state index contributed by atoms with van der Waals surface area (Å²) < 4.78 is 1.07. The van der Waals surface area contributed by atoms with Gasteiger partial charge in [0.25, 0.3) is 0 Å². The number of fused-ring (bicyclic) bond motifs is 1. The Hall–Kier alpha value is -0.540. The Morgan fingerprint density at radius 1 is 1.43 bits per heavy atom. The van der Waals surface area contributed by atoms with Crippen molar-refractivity contribution in [1.29, 1.82) is 0 Å². The molecule has 2 aliphatic rings. The van der Waals surface area contributed by atoms with Crippen LogP contribution in [0.2, 0.25) is 0 Å². The number of anilines is 1. The molecule has 1 aromatic rings. The number of carbonyl (C=O) groups is 1. The van der Waals surface area contributed by atoms with E-state index in [0.717, 1.165) is 29.4 Å². The van der Waals surface area contributed by atoms with E-state index in [9.17, 15) is 4.79 Å². The van der Waals surface area contributed by atoms with Crippen molar-refractivity contribution in [2.24, 2.45) is 0 Å². The maximum absolute atomic E-state index is 12.8. The minimum absolute atomic E-state index is 0.0134. The van der Waals surface area contributed by atoms with E-state index in [0.29, 0.717) is 5.92 Å². The predicted molar refractivity (Wildman–Crippen MR) is 91.2 cm³/mol. The molecule has 1 aliphatic carbocycles. The first-order chi connectivity index (χ1) is 9.94. The van der Waals surface area contributed by atoms with Crippen molar-refractivity contribution in [2.75, 3.05) is 4.90 Å². The van der Waals surface area contributed by atoms with Crippen molar-refractivity contribution in [3.63, 3.8) is 0 Å². The van der Waals surface area contributed by atoms with Gasteiger partial charge in [0.2, 0.25) is 5.91 Å². The number of benzene rings is 1. The Morgan fingerprint density at radius 3 is 2.71 bits per heavy atom. The average Bonchev–Trinajstić information content (AvgIpc) is 2.88. The van der Waals surface area contributed by atoms with Crippen LogP contribution in [0.25, 0.3) is 0 Å². The number of carbonyl (C=O) groups excluding carboxylic acids is 1. The number of rotatable bonds is 1. The summed E-state index contributed by atoms with van der Waals surface area (Å²) in [4.78, 5) is 14.8. The van der Waals surface area contributed by atoms with Crippen molar-refractivity contribution in [1.82, 2.24) is 0 Å². The highest BCUT2D eigenvalue weighted by atomic mass is 79.9. The number of amides is 1. The van der Waals surface area contributed by atoms with Crippen molar-refractivity contribution < 1.29 is 4.79 Å². The third kappa shape index (κ3) is 2.53. The second kappa shape index (κ2) is 5.58. The van der Waals surface area contributed by atoms with Gasteiger partial charge in [0.1, 0.15) is 5.38 Å². The standard InChI is InChI=1S/C17H21BrClNO/c1-11-10-17(7-3-4-8-17)20(16(21)12(2)19)15-6-5-13(18)9-14(11)15/h5-6,9,11-12H,3-4,7-8,10H2,1-2H3. The lowest BCUT2D eigenvalue weighted by molar-refractivity contribution is -0.119. The van der Waals surface area contributed by atoms with Crippen LogP contribution < -0.4 is 4.90 Å². The molecule has 21 heavy (non-hydrogen) atoms. The van der Waals surface area contributed by atoms with Crippen LogP contribution in [0.5, 0.6) is 0 Å². The normalized spacial score (nSPS) is 25.0. The minimum Gasteiger partial charge on any atom is -0.305 e. The minimum atomic E-state index is -0.479. The second-order valence-corrected chi connectivity index (χ2v) is 8.10. The highest BCUT2D eigenvalue weighted by Gasteiger charge is 2.48. The van der Waals surface area contributed by atoms with Gasteiger partial charge in [-0.25, -0.2) is 0 Å². The SMILES string of the molecule is CC(Cl)C(=O)N1c2ccc(Br)cc2C(C)CC12CCCC2. The highest BCUT2D eigenvalue weighted by molar-refractivity contribution is 9.10. The lowest BCUT2D eigenvalue weighted by Gasteiger charge is -2.48. The molecule has 0 bridgehead atoms. The van der Waals surface area contributed by atoms with Gasteiger partial charge in [0.15, 0.2) is 0 Å². The predicted octanol–water partition coefficient (Wildman–Crippen LogP) is 5.23. The summed E-state index contributed by atoms with van der Waals surface area (Å²) >= 11 is 9.71. The van der Waals surface area contributed by atoms with E-state index in [-0.39, 0.29) is 11.4 Å². The third-order valence-electron chi connectivity index (χ3n) is 5.02. The largest absolute Gasteiger partial charge is 0.305 e. The number of halogens is 2. The van der Waals surface area contributed by atoms with Gasteiger partial charge in [0, 0.05) is 15.7 Å². The van der Waals surface area contributed by atoms with Crippen LogP contribution in [0.1, 0.15) is 57.4 Å². The molecule has 1 amide bonds. The smallest absolute Gasteiger partial charge is 0.245 e. The lowest BCUT2D eigenvalue weighted by Crippen LogP contribution is -2.55. The van der Waals surface area contributed by atoms with E-state index in [1.54, 1.807) is 6.92 Å². The molecule has 3 rings (SSSR count). The van der Waals surface area contributed by atoms with Crippen molar-refractivity contribution in [3.05, 3.63) is 28.2 Å². The van der Waals surface area contributed by atoms with E-state index >= 15 is 0 Å². The molecular weight excluding hydrogens is 350 g/mol. The van der Waals surface area contributed by atoms with Crippen molar-refractivity contribution in [2.45, 2.75) is 62.8 Å². The molecule has 0 aromatic heterocycles. The molecule has 1 aromatic carbocycles. The van der Waals surface area contributed by atoms with Gasteiger partial charge < -0.3 is 4.90 Å². The monoisotopic (exact) mass is 369 g/mol. The maximum atomic E-state index is 12.8. The first kappa shape index (κ1) is 15.4. The summed E-state index contributed by atoms with van der Waals surface area (Å²) in [7, 11) is 0. The molecule has 1 spiro atoms. The third-order valence-corrected chi connectivity index (χ3v) is 5.70. The molecule has 1 fully saturated rings. The molecule has 1 aliphatic heterocycles. The first-order valence-corrected chi connectivity index (χ1v) is 8.95. The Kier molecular flexibility index (Phi) is 4.08. The highest BCUT2D eigenvalue weighted by Crippen LogP contribution is 2.51. The van der Waals surface area contributed by atoms with Gasteiger partial charge in [-0.15, -0.1) is 11.6 Å². The van der Waals surface area contributed by atoms with Crippen LogP contribution in [0.15, 0.2) is 22.7 Å². The number of hydrogen-bond donors (Lipinski definition) is 0. The molecule has 114 valence electrons. The summed E-state index contributed by atoms with van der Waals surface area (Å²) in [6.45, 7) is 4.06. The Labute approximate surface area is 140 Å². The second-order valence-electron chi connectivity index (χ2n) is 6.53. The van der Waals surface area contributed by atoms with E-state index in [1.165, 1.54) is 18.4 Å². The van der Waals surface area contributed by atoms with Crippen LogP contribution in [0, 0.1) is 0 Å². The molecule has 2 nitrogen and oxygen atoms in total. The summed E-state index contributed by atoms with van der Waals surface area (Å²) in [6, 6.07) is 6.26. The van der Waals surface area contributed by atoms with Crippen LogP contribution in [0.3, 0.4) is 0 Å². The fraction of sp³-hybridized carbons (Fsp3) is 0.588. The number of alkyl halides is 1. The zero-order valence-electron chi connectivity index (χ0n) is 12.5. The van der Waals surface area contributed by atoms with Crippen LogP contribution >= 0.6 is 27.5 Å². The van der Waals surface area contributed by atoms with Gasteiger partial charge in [-0.2, -0.15) is 0 Å².